The molecule has 5 aromatic rings. The fraction of sp³-hybridized carbons (Fsp3) is 0.326. The highest BCUT2D eigenvalue weighted by molar-refractivity contribution is 7.89. The van der Waals surface area contributed by atoms with E-state index in [1.165, 1.54) is 12.1 Å². The normalized spacial score (nSPS) is 20.1. The Morgan fingerprint density at radius 1 is 0.789 bits per heavy atom. The number of aliphatic hydroxyl groups excluding tert-OH is 2. The Morgan fingerprint density at radius 3 is 2.02 bits per heavy atom. The highest BCUT2D eigenvalue weighted by Gasteiger charge is 2.39. The van der Waals surface area contributed by atoms with Crippen molar-refractivity contribution in [1.29, 1.82) is 0 Å². The van der Waals surface area contributed by atoms with Crippen molar-refractivity contribution in [3.05, 3.63) is 172 Å². The first-order chi connectivity index (χ1) is 27.4. The van der Waals surface area contributed by atoms with Crippen molar-refractivity contribution in [2.45, 2.75) is 81.9 Å². The van der Waals surface area contributed by atoms with Crippen molar-refractivity contribution < 1.29 is 32.9 Å². The van der Waals surface area contributed by atoms with Crippen molar-refractivity contribution >= 4 is 15.9 Å². The second kappa shape index (κ2) is 19.1. The van der Waals surface area contributed by atoms with E-state index >= 15 is 0 Å². The number of aryl methyl sites for hydroxylation is 1. The van der Waals surface area contributed by atoms with E-state index < -0.39 is 34.4 Å². The summed E-state index contributed by atoms with van der Waals surface area (Å²) in [6, 6.07) is 39.6. The number of carbonyl (C=O) groups excluding carboxylic acids is 1. The van der Waals surface area contributed by atoms with Gasteiger partial charge in [-0.1, -0.05) is 134 Å². The van der Waals surface area contributed by atoms with Crippen LogP contribution in [0.4, 0.5) is 0 Å². The molecule has 1 aliphatic heterocycles. The largest absolute Gasteiger partial charge is 0.392 e. The lowest BCUT2D eigenvalue weighted by Crippen LogP contribution is -2.47. The zero-order valence-electron chi connectivity index (χ0n) is 32.9. The fourth-order valence-corrected chi connectivity index (χ4v) is 8.26. The average Bonchev–Trinajstić information content (AvgIpc) is 3.23. The molecular weight excluding hydrogens is 739 g/mol. The summed E-state index contributed by atoms with van der Waals surface area (Å²) in [4.78, 5) is 15.8. The van der Waals surface area contributed by atoms with E-state index in [0.29, 0.717) is 6.54 Å². The summed E-state index contributed by atoms with van der Waals surface area (Å²) in [6.45, 7) is 6.66. The molecule has 6 rings (SSSR count). The predicted octanol–water partition coefficient (Wildman–Crippen LogP) is 6.54. The van der Waals surface area contributed by atoms with Crippen LogP contribution in [0.5, 0.6) is 0 Å². The molecule has 1 saturated heterocycles. The van der Waals surface area contributed by atoms with Crippen LogP contribution in [0, 0.1) is 12.8 Å². The number of benzene rings is 5. The maximum Gasteiger partial charge on any atom is 0.241 e. The summed E-state index contributed by atoms with van der Waals surface area (Å²) in [5, 5.41) is 23.8. The number of carbonyl (C=O) groups is 1. The van der Waals surface area contributed by atoms with Gasteiger partial charge in [-0.25, -0.2) is 8.42 Å². The number of nitrogens with zero attached hydrogens (tertiary/aromatic N) is 1. The Hall–Kier alpha value is -4.72. The quantitative estimate of drug-likeness (QED) is 0.0885. The molecule has 0 spiro atoms. The summed E-state index contributed by atoms with van der Waals surface area (Å²) in [7, 11) is -1.98. The number of hydrogen-bond acceptors (Lipinski definition) is 8. The number of aliphatic hydroxyl groups is 2. The standard InChI is InChI=1S/C46H53N3O7S/c1-31-15-25-40(26-16-31)57(53,54)48-41(27-34-11-7-5-8-12-34)45(52)47-28-35-17-23-39(24-18-35)46-55-42(29-49(4)33(3)43(51)37-13-9-6-10-14-37)32(2)44(56-46)38-21-19-36(30-50)20-22-38/h5-26,32-33,41-44,46,48,50-51H,27-30H2,1-4H3,(H,47,52)/t32-,33+,41+,42+,43+,44+,46+/m0/s1. The molecule has 0 saturated carbocycles. The Labute approximate surface area is 336 Å². The fourth-order valence-electron chi connectivity index (χ4n) is 7.06. The summed E-state index contributed by atoms with van der Waals surface area (Å²) in [5.74, 6) is -0.494. The molecule has 1 aliphatic rings. The van der Waals surface area contributed by atoms with Crippen LogP contribution in [-0.4, -0.2) is 61.2 Å². The predicted molar refractivity (Wildman–Crippen MR) is 220 cm³/mol. The Morgan fingerprint density at radius 2 is 1.39 bits per heavy atom. The molecule has 300 valence electrons. The van der Waals surface area contributed by atoms with Gasteiger partial charge in [0.2, 0.25) is 15.9 Å². The number of nitrogens with one attached hydrogen (secondary N) is 2. The molecule has 1 fully saturated rings. The van der Waals surface area contributed by atoms with E-state index in [9.17, 15) is 23.4 Å². The van der Waals surface area contributed by atoms with Gasteiger partial charge in [-0.05, 0) is 67.3 Å². The van der Waals surface area contributed by atoms with Gasteiger partial charge in [-0.15, -0.1) is 0 Å². The first-order valence-electron chi connectivity index (χ1n) is 19.3. The van der Waals surface area contributed by atoms with Gasteiger partial charge in [-0.3, -0.25) is 9.69 Å². The third-order valence-corrected chi connectivity index (χ3v) is 12.3. The van der Waals surface area contributed by atoms with Crippen LogP contribution in [-0.2, 0) is 43.9 Å². The molecule has 7 atom stereocenters. The SMILES string of the molecule is Cc1ccc(S(=O)(=O)N[C@H](Cc2ccccc2)C(=O)NCc2ccc([C@@H]3O[C@H](CN(C)[C@H](C)[C@@H](O)c4ccccc4)[C@H](C)[C@H](c4ccc(CO)cc4)O3)cc2)cc1. The van der Waals surface area contributed by atoms with E-state index in [2.05, 4.69) is 21.9 Å². The molecule has 0 unspecified atom stereocenters. The molecule has 4 N–H and O–H groups in total. The number of amides is 1. The van der Waals surface area contributed by atoms with Crippen molar-refractivity contribution in [1.82, 2.24) is 14.9 Å². The highest BCUT2D eigenvalue weighted by Crippen LogP contribution is 2.42. The van der Waals surface area contributed by atoms with Gasteiger partial charge in [0.25, 0.3) is 0 Å². The lowest BCUT2D eigenvalue weighted by Gasteiger charge is -2.43. The van der Waals surface area contributed by atoms with Crippen molar-refractivity contribution in [2.75, 3.05) is 13.6 Å². The molecule has 1 heterocycles. The second-order valence-corrected chi connectivity index (χ2v) is 16.7. The van der Waals surface area contributed by atoms with Crippen LogP contribution in [0.25, 0.3) is 0 Å². The molecule has 0 radical (unpaired) electrons. The van der Waals surface area contributed by atoms with Crippen LogP contribution < -0.4 is 10.0 Å². The molecule has 0 aliphatic carbocycles. The maximum absolute atomic E-state index is 13.6. The minimum atomic E-state index is -3.97. The summed E-state index contributed by atoms with van der Waals surface area (Å²) >= 11 is 0. The van der Waals surface area contributed by atoms with Crippen LogP contribution in [0.3, 0.4) is 0 Å². The van der Waals surface area contributed by atoms with Crippen molar-refractivity contribution in [3.63, 3.8) is 0 Å². The molecule has 5 aromatic carbocycles. The van der Waals surface area contributed by atoms with E-state index in [4.69, 9.17) is 9.47 Å². The van der Waals surface area contributed by atoms with Gasteiger partial charge in [-0.2, -0.15) is 4.72 Å². The third-order valence-electron chi connectivity index (χ3n) is 10.8. The molecule has 10 nitrogen and oxygen atoms in total. The van der Waals surface area contributed by atoms with Crippen LogP contribution in [0.15, 0.2) is 138 Å². The minimum Gasteiger partial charge on any atom is -0.392 e. The molecule has 57 heavy (non-hydrogen) atoms. The molecular formula is C46H53N3O7S. The first-order valence-corrected chi connectivity index (χ1v) is 20.8. The lowest BCUT2D eigenvalue weighted by molar-refractivity contribution is -0.276. The molecule has 1 amide bonds. The van der Waals surface area contributed by atoms with Gasteiger partial charge in [0.1, 0.15) is 6.04 Å². The molecule has 11 heteroatoms. The highest BCUT2D eigenvalue weighted by atomic mass is 32.2. The monoisotopic (exact) mass is 791 g/mol. The minimum absolute atomic E-state index is 0.0495. The first kappa shape index (κ1) is 41.9. The summed E-state index contributed by atoms with van der Waals surface area (Å²) in [5.41, 5.74) is 6.00. The Balaban J connectivity index is 1.16. The second-order valence-electron chi connectivity index (χ2n) is 15.0. The third kappa shape index (κ3) is 10.8. The topological polar surface area (TPSA) is 137 Å². The van der Waals surface area contributed by atoms with Gasteiger partial charge >= 0.3 is 0 Å². The number of ether oxygens (including phenoxy) is 2. The van der Waals surface area contributed by atoms with E-state index in [0.717, 1.165) is 38.9 Å². The smallest absolute Gasteiger partial charge is 0.241 e. The Kier molecular flexibility index (Phi) is 14.1. The number of hydrogen-bond donors (Lipinski definition) is 4. The van der Waals surface area contributed by atoms with E-state index in [-0.39, 0.29) is 48.6 Å². The number of sulfonamides is 1. The van der Waals surface area contributed by atoms with Crippen LogP contribution in [0.2, 0.25) is 0 Å². The van der Waals surface area contributed by atoms with Gasteiger partial charge in [0, 0.05) is 30.6 Å². The van der Waals surface area contributed by atoms with Crippen LogP contribution in [0.1, 0.15) is 71.3 Å². The lowest BCUT2D eigenvalue weighted by atomic mass is 9.89. The molecule has 0 aromatic heterocycles. The average molecular weight is 792 g/mol. The summed E-state index contributed by atoms with van der Waals surface area (Å²) < 4.78 is 42.7. The van der Waals surface area contributed by atoms with E-state index in [1.807, 2.05) is 130 Å². The van der Waals surface area contributed by atoms with Crippen molar-refractivity contribution in [2.24, 2.45) is 5.92 Å². The molecule has 0 bridgehead atoms. The zero-order valence-corrected chi connectivity index (χ0v) is 33.7. The number of likely N-dealkylation sites (N-methyl/N-ethyl adjacent to an activating group) is 1. The zero-order chi connectivity index (χ0) is 40.5. The van der Waals surface area contributed by atoms with Gasteiger partial charge < -0.3 is 25.0 Å². The summed E-state index contributed by atoms with van der Waals surface area (Å²) in [6.07, 6.45) is -1.78. The van der Waals surface area contributed by atoms with E-state index in [1.54, 1.807) is 12.1 Å². The van der Waals surface area contributed by atoms with Gasteiger partial charge in [0.15, 0.2) is 6.29 Å². The maximum atomic E-state index is 13.6. The number of rotatable bonds is 16. The van der Waals surface area contributed by atoms with Gasteiger partial charge in [0.05, 0.1) is 29.8 Å². The Bertz CT molecular complexity index is 2140. The van der Waals surface area contributed by atoms with Crippen LogP contribution >= 0.6 is 0 Å². The van der Waals surface area contributed by atoms with Crippen molar-refractivity contribution in [3.8, 4) is 0 Å².